The molecule has 0 aliphatic carbocycles. The summed E-state index contributed by atoms with van der Waals surface area (Å²) in [5.41, 5.74) is 2.18. The third-order valence-corrected chi connectivity index (χ3v) is 4.18. The van der Waals surface area contributed by atoms with Crippen molar-refractivity contribution in [3.8, 4) is 5.75 Å². The van der Waals surface area contributed by atoms with Gasteiger partial charge in [-0.15, -0.1) is 0 Å². The molecule has 0 radical (unpaired) electrons. The molecule has 0 aliphatic heterocycles. The molecule has 1 aromatic heterocycles. The molecule has 6 nitrogen and oxygen atoms in total. The Bertz CT molecular complexity index is 896. The van der Waals surface area contributed by atoms with Crippen LogP contribution < -0.4 is 10.1 Å². The lowest BCUT2D eigenvalue weighted by Gasteiger charge is -2.20. The average molecular weight is 378 g/mol. The van der Waals surface area contributed by atoms with Crippen molar-refractivity contribution in [2.45, 2.75) is 13.0 Å². The number of amides is 1. The van der Waals surface area contributed by atoms with Gasteiger partial charge in [0.25, 0.3) is 5.91 Å². The summed E-state index contributed by atoms with van der Waals surface area (Å²) in [5, 5.41) is 2.56. The Kier molecular flexibility index (Phi) is 6.11. The van der Waals surface area contributed by atoms with Crippen LogP contribution in [0.4, 0.5) is 0 Å². The quantitative estimate of drug-likeness (QED) is 0.614. The van der Waals surface area contributed by atoms with E-state index in [0.29, 0.717) is 0 Å². The number of hydrogen-bond donors (Lipinski definition) is 2. The molecule has 2 N–H and O–H groups in total. The van der Waals surface area contributed by atoms with E-state index in [4.69, 9.17) is 9.47 Å². The summed E-state index contributed by atoms with van der Waals surface area (Å²) < 4.78 is 11.3. The van der Waals surface area contributed by atoms with Crippen molar-refractivity contribution in [3.05, 3.63) is 89.2 Å². The maximum absolute atomic E-state index is 12.3. The molecule has 3 rings (SSSR count). The van der Waals surface area contributed by atoms with E-state index in [9.17, 15) is 9.59 Å². The highest BCUT2D eigenvalue weighted by atomic mass is 16.5. The predicted octanol–water partition coefficient (Wildman–Crippen LogP) is 3.72. The number of aromatic amines is 1. The van der Waals surface area contributed by atoms with Crippen LogP contribution in [-0.4, -0.2) is 30.5 Å². The van der Waals surface area contributed by atoms with E-state index in [1.807, 2.05) is 60.7 Å². The predicted molar refractivity (Wildman–Crippen MR) is 105 cm³/mol. The Morgan fingerprint density at radius 1 is 1.00 bits per heavy atom. The van der Waals surface area contributed by atoms with Gasteiger partial charge in [-0.1, -0.05) is 60.7 Å². The number of aromatic nitrogens is 1. The van der Waals surface area contributed by atoms with Crippen LogP contribution in [0.25, 0.3) is 0 Å². The number of benzene rings is 2. The molecular formula is C22H22N2O4. The molecule has 2 aromatic carbocycles. The number of hydrogen-bond acceptors (Lipinski definition) is 4. The first-order valence-electron chi connectivity index (χ1n) is 9.02. The highest BCUT2D eigenvalue weighted by molar-refractivity contribution is 5.98. The SMILES string of the molecule is CCOC(=O)c1cc(OC(c2ccccc2)c2ccccc2)c(C(=O)NC)[nH]1. The van der Waals surface area contributed by atoms with Crippen LogP contribution >= 0.6 is 0 Å². The molecule has 0 atom stereocenters. The lowest BCUT2D eigenvalue weighted by atomic mass is 10.0. The zero-order chi connectivity index (χ0) is 19.9. The van der Waals surface area contributed by atoms with Gasteiger partial charge in [-0.05, 0) is 18.1 Å². The highest BCUT2D eigenvalue weighted by Crippen LogP contribution is 2.31. The molecule has 0 fully saturated rings. The smallest absolute Gasteiger partial charge is 0.354 e. The van der Waals surface area contributed by atoms with Crippen LogP contribution in [-0.2, 0) is 4.74 Å². The van der Waals surface area contributed by atoms with Gasteiger partial charge in [0.1, 0.15) is 17.5 Å². The molecule has 0 unspecified atom stereocenters. The molecule has 0 saturated heterocycles. The standard InChI is InChI=1S/C22H22N2O4/c1-3-27-22(26)17-14-18(19(24-17)21(25)23-2)28-20(15-10-6-4-7-11-15)16-12-8-5-9-13-16/h4-14,20,24H,3H2,1-2H3,(H,23,25). The lowest BCUT2D eigenvalue weighted by Crippen LogP contribution is -2.20. The topological polar surface area (TPSA) is 80.4 Å². The first-order chi connectivity index (χ1) is 13.6. The van der Waals surface area contributed by atoms with Crippen molar-refractivity contribution >= 4 is 11.9 Å². The Balaban J connectivity index is 2.02. The number of nitrogens with one attached hydrogen (secondary N) is 2. The molecule has 28 heavy (non-hydrogen) atoms. The number of carbonyl (C=O) groups is 2. The van der Waals surface area contributed by atoms with Crippen molar-refractivity contribution in [1.29, 1.82) is 0 Å². The monoisotopic (exact) mass is 378 g/mol. The third-order valence-electron chi connectivity index (χ3n) is 4.18. The fraction of sp³-hybridized carbons (Fsp3) is 0.182. The summed E-state index contributed by atoms with van der Waals surface area (Å²) >= 11 is 0. The van der Waals surface area contributed by atoms with Crippen molar-refractivity contribution < 1.29 is 19.1 Å². The number of H-pyrrole nitrogens is 1. The Morgan fingerprint density at radius 2 is 1.57 bits per heavy atom. The first-order valence-corrected chi connectivity index (χ1v) is 9.02. The van der Waals surface area contributed by atoms with Gasteiger partial charge in [0.2, 0.25) is 0 Å². The molecule has 144 valence electrons. The summed E-state index contributed by atoms with van der Waals surface area (Å²) in [4.78, 5) is 27.2. The zero-order valence-corrected chi connectivity index (χ0v) is 15.8. The average Bonchev–Trinajstić information content (AvgIpc) is 3.17. The molecule has 6 heteroatoms. The van der Waals surface area contributed by atoms with Crippen molar-refractivity contribution in [2.75, 3.05) is 13.7 Å². The third kappa shape index (κ3) is 4.23. The van der Waals surface area contributed by atoms with Gasteiger partial charge in [-0.3, -0.25) is 4.79 Å². The zero-order valence-electron chi connectivity index (χ0n) is 15.8. The van der Waals surface area contributed by atoms with Crippen LogP contribution in [0.15, 0.2) is 66.7 Å². The van der Waals surface area contributed by atoms with E-state index >= 15 is 0 Å². The van der Waals surface area contributed by atoms with Crippen LogP contribution in [0.1, 0.15) is 45.1 Å². The molecular weight excluding hydrogens is 356 g/mol. The van der Waals surface area contributed by atoms with Crippen molar-refractivity contribution in [3.63, 3.8) is 0 Å². The maximum atomic E-state index is 12.3. The second-order valence-electron chi connectivity index (χ2n) is 6.04. The Labute approximate surface area is 163 Å². The Morgan fingerprint density at radius 3 is 2.07 bits per heavy atom. The minimum Gasteiger partial charge on any atom is -0.479 e. The summed E-state index contributed by atoms with van der Waals surface area (Å²) in [5.74, 6) is -0.649. The van der Waals surface area contributed by atoms with E-state index in [1.54, 1.807) is 6.92 Å². The van der Waals surface area contributed by atoms with Crippen LogP contribution in [0, 0.1) is 0 Å². The first kappa shape index (κ1) is 19.2. The summed E-state index contributed by atoms with van der Waals surface area (Å²) in [6, 6.07) is 20.9. The van der Waals surface area contributed by atoms with E-state index in [2.05, 4.69) is 10.3 Å². The van der Waals surface area contributed by atoms with Gasteiger partial charge in [0, 0.05) is 13.1 Å². The van der Waals surface area contributed by atoms with Gasteiger partial charge < -0.3 is 19.8 Å². The van der Waals surface area contributed by atoms with E-state index in [1.165, 1.54) is 13.1 Å². The van der Waals surface area contributed by atoms with Crippen LogP contribution in [0.2, 0.25) is 0 Å². The maximum Gasteiger partial charge on any atom is 0.354 e. The second-order valence-corrected chi connectivity index (χ2v) is 6.04. The van der Waals surface area contributed by atoms with E-state index in [0.717, 1.165) is 11.1 Å². The molecule has 1 amide bonds. The molecule has 0 aliphatic rings. The largest absolute Gasteiger partial charge is 0.479 e. The van der Waals surface area contributed by atoms with E-state index < -0.39 is 12.1 Å². The van der Waals surface area contributed by atoms with Gasteiger partial charge in [0.05, 0.1) is 6.61 Å². The molecule has 0 spiro atoms. The fourth-order valence-electron chi connectivity index (χ4n) is 2.85. The molecule has 3 aromatic rings. The van der Waals surface area contributed by atoms with Crippen molar-refractivity contribution in [1.82, 2.24) is 10.3 Å². The fourth-order valence-corrected chi connectivity index (χ4v) is 2.85. The summed E-state index contributed by atoms with van der Waals surface area (Å²) in [6.07, 6.45) is -0.448. The van der Waals surface area contributed by atoms with Gasteiger partial charge in [-0.2, -0.15) is 0 Å². The van der Waals surface area contributed by atoms with Gasteiger partial charge in [-0.25, -0.2) is 4.79 Å². The normalized spacial score (nSPS) is 10.5. The summed E-state index contributed by atoms with van der Waals surface area (Å²) in [6.45, 7) is 1.96. The van der Waals surface area contributed by atoms with Crippen LogP contribution in [0.3, 0.4) is 0 Å². The molecule has 0 saturated carbocycles. The number of esters is 1. The number of carbonyl (C=O) groups excluding carboxylic acids is 2. The van der Waals surface area contributed by atoms with Gasteiger partial charge in [0.15, 0.2) is 5.75 Å². The lowest BCUT2D eigenvalue weighted by molar-refractivity contribution is 0.0520. The second kappa shape index (κ2) is 8.90. The number of ether oxygens (including phenoxy) is 2. The van der Waals surface area contributed by atoms with E-state index in [-0.39, 0.29) is 29.7 Å². The minimum atomic E-state index is -0.543. The van der Waals surface area contributed by atoms with Gasteiger partial charge >= 0.3 is 5.97 Å². The van der Waals surface area contributed by atoms with Crippen molar-refractivity contribution in [2.24, 2.45) is 0 Å². The Hall–Kier alpha value is -3.54. The number of rotatable bonds is 7. The molecule has 1 heterocycles. The summed E-state index contributed by atoms with van der Waals surface area (Å²) in [7, 11) is 1.52. The van der Waals surface area contributed by atoms with Crippen LogP contribution in [0.5, 0.6) is 5.75 Å². The minimum absolute atomic E-state index is 0.162. The highest BCUT2D eigenvalue weighted by Gasteiger charge is 2.24. The molecule has 0 bridgehead atoms.